The van der Waals surface area contributed by atoms with Crippen LogP contribution in [0.2, 0.25) is 5.02 Å². The highest BCUT2D eigenvalue weighted by atomic mass is 35.5. The molecule has 0 unspecified atom stereocenters. The fourth-order valence-corrected chi connectivity index (χ4v) is 4.60. The molecule has 1 aliphatic rings. The summed E-state index contributed by atoms with van der Waals surface area (Å²) < 4.78 is 16.7. The SMILES string of the molecule is Cc1cc(F)cc(CNc2ncc3n(c2=O)[C@H](C(=O)NCc2cc(Cl)ccc2-n2cnnn2)CC3)c1. The van der Waals surface area contributed by atoms with Crippen molar-refractivity contribution in [3.63, 3.8) is 0 Å². The molecule has 0 saturated carbocycles. The Kier molecular flexibility index (Phi) is 6.47. The molecule has 3 heterocycles. The smallest absolute Gasteiger partial charge is 0.294 e. The van der Waals surface area contributed by atoms with Gasteiger partial charge in [-0.2, -0.15) is 0 Å². The molecule has 2 N–H and O–H groups in total. The molecule has 4 aromatic rings. The summed E-state index contributed by atoms with van der Waals surface area (Å²) >= 11 is 6.16. The van der Waals surface area contributed by atoms with E-state index in [0.29, 0.717) is 34.8 Å². The summed E-state index contributed by atoms with van der Waals surface area (Å²) in [6.07, 6.45) is 4.08. The van der Waals surface area contributed by atoms with E-state index < -0.39 is 11.6 Å². The first-order valence-electron chi connectivity index (χ1n) is 11.3. The van der Waals surface area contributed by atoms with Gasteiger partial charge in [0, 0.05) is 30.0 Å². The normalized spacial score (nSPS) is 14.5. The maximum Gasteiger partial charge on any atom is 0.294 e. The second-order valence-electron chi connectivity index (χ2n) is 8.56. The quantitative estimate of drug-likeness (QED) is 0.394. The average Bonchev–Trinajstić information content (AvgIpc) is 3.52. The second kappa shape index (κ2) is 9.86. The summed E-state index contributed by atoms with van der Waals surface area (Å²) in [6, 6.07) is 9.20. The van der Waals surface area contributed by atoms with Crippen molar-refractivity contribution in [2.24, 2.45) is 0 Å². The monoisotopic (exact) mass is 508 g/mol. The third kappa shape index (κ3) is 4.82. The summed E-state index contributed by atoms with van der Waals surface area (Å²) in [4.78, 5) is 30.6. The van der Waals surface area contributed by atoms with E-state index in [2.05, 4.69) is 31.1 Å². The molecule has 10 nitrogen and oxygen atoms in total. The number of anilines is 1. The Balaban J connectivity index is 1.32. The van der Waals surface area contributed by atoms with Crippen LogP contribution in [-0.2, 0) is 24.3 Å². The van der Waals surface area contributed by atoms with E-state index in [1.54, 1.807) is 31.3 Å². The molecular weight excluding hydrogens is 487 g/mol. The number of hydrogen-bond donors (Lipinski definition) is 2. The van der Waals surface area contributed by atoms with E-state index in [0.717, 1.165) is 11.1 Å². The number of carbonyl (C=O) groups excluding carboxylic acids is 1. The third-order valence-electron chi connectivity index (χ3n) is 6.01. The number of tetrazole rings is 1. The van der Waals surface area contributed by atoms with Crippen LogP contribution in [0, 0.1) is 12.7 Å². The lowest BCUT2D eigenvalue weighted by Crippen LogP contribution is -2.36. The first-order chi connectivity index (χ1) is 17.4. The number of aromatic nitrogens is 6. The van der Waals surface area contributed by atoms with Gasteiger partial charge >= 0.3 is 0 Å². The number of carbonyl (C=O) groups is 1. The van der Waals surface area contributed by atoms with E-state index in [1.165, 1.54) is 27.7 Å². The number of nitrogens with zero attached hydrogens (tertiary/aromatic N) is 6. The van der Waals surface area contributed by atoms with E-state index in [-0.39, 0.29) is 30.6 Å². The summed E-state index contributed by atoms with van der Waals surface area (Å²) in [5.74, 6) is -0.530. The summed E-state index contributed by atoms with van der Waals surface area (Å²) in [5, 5.41) is 17.6. The average molecular weight is 509 g/mol. The lowest BCUT2D eigenvalue weighted by Gasteiger charge is -2.17. The Morgan fingerprint density at radius 1 is 1.22 bits per heavy atom. The number of benzene rings is 2. The van der Waals surface area contributed by atoms with Gasteiger partial charge in [0.15, 0.2) is 5.82 Å². The molecule has 0 radical (unpaired) electrons. The van der Waals surface area contributed by atoms with Crippen LogP contribution in [0.1, 0.15) is 34.8 Å². The highest BCUT2D eigenvalue weighted by Crippen LogP contribution is 2.25. The van der Waals surface area contributed by atoms with Gasteiger partial charge in [-0.15, -0.1) is 5.10 Å². The van der Waals surface area contributed by atoms with Crippen molar-refractivity contribution in [2.45, 2.75) is 38.9 Å². The van der Waals surface area contributed by atoms with Gasteiger partial charge in [-0.25, -0.2) is 14.1 Å². The minimum atomic E-state index is -0.678. The molecular formula is C24H22ClFN8O2. The minimum Gasteiger partial charge on any atom is -0.361 e. The van der Waals surface area contributed by atoms with Crippen molar-refractivity contribution >= 4 is 23.3 Å². The molecule has 2 aromatic heterocycles. The van der Waals surface area contributed by atoms with Crippen LogP contribution < -0.4 is 16.2 Å². The minimum absolute atomic E-state index is 0.108. The maximum atomic E-state index is 13.7. The number of amides is 1. The number of aryl methyl sites for hydroxylation is 2. The van der Waals surface area contributed by atoms with E-state index in [4.69, 9.17) is 11.6 Å². The fourth-order valence-electron chi connectivity index (χ4n) is 4.40. The lowest BCUT2D eigenvalue weighted by molar-refractivity contribution is -0.124. The van der Waals surface area contributed by atoms with Crippen LogP contribution in [0.15, 0.2) is 53.7 Å². The molecule has 36 heavy (non-hydrogen) atoms. The predicted octanol–water partition coefficient (Wildman–Crippen LogP) is 2.74. The highest BCUT2D eigenvalue weighted by molar-refractivity contribution is 6.30. The van der Waals surface area contributed by atoms with Crippen LogP contribution in [0.4, 0.5) is 10.2 Å². The van der Waals surface area contributed by atoms with Gasteiger partial charge in [0.2, 0.25) is 5.91 Å². The largest absolute Gasteiger partial charge is 0.361 e. The highest BCUT2D eigenvalue weighted by Gasteiger charge is 2.30. The second-order valence-corrected chi connectivity index (χ2v) is 9.00. The lowest BCUT2D eigenvalue weighted by atomic mass is 10.1. The van der Waals surface area contributed by atoms with Gasteiger partial charge in [-0.1, -0.05) is 17.7 Å². The maximum absolute atomic E-state index is 13.7. The predicted molar refractivity (Wildman–Crippen MR) is 130 cm³/mol. The molecule has 0 bridgehead atoms. The van der Waals surface area contributed by atoms with Crippen molar-refractivity contribution in [2.75, 3.05) is 5.32 Å². The van der Waals surface area contributed by atoms with Crippen LogP contribution in [0.3, 0.4) is 0 Å². The Labute approximate surface area is 210 Å². The van der Waals surface area contributed by atoms with Gasteiger partial charge < -0.3 is 10.6 Å². The Morgan fingerprint density at radius 2 is 2.08 bits per heavy atom. The summed E-state index contributed by atoms with van der Waals surface area (Å²) in [6.45, 7) is 2.20. The van der Waals surface area contributed by atoms with Crippen LogP contribution in [-0.4, -0.2) is 35.7 Å². The van der Waals surface area contributed by atoms with E-state index in [9.17, 15) is 14.0 Å². The number of rotatable bonds is 7. The number of halogens is 2. The van der Waals surface area contributed by atoms with Gasteiger partial charge in [0.25, 0.3) is 5.56 Å². The molecule has 0 aliphatic carbocycles. The van der Waals surface area contributed by atoms with Crippen LogP contribution in [0.25, 0.3) is 5.69 Å². The number of nitrogens with one attached hydrogen (secondary N) is 2. The van der Waals surface area contributed by atoms with Gasteiger partial charge in [0.05, 0.1) is 5.69 Å². The van der Waals surface area contributed by atoms with Crippen molar-refractivity contribution < 1.29 is 9.18 Å². The zero-order valence-corrected chi connectivity index (χ0v) is 20.0. The molecule has 184 valence electrons. The summed E-state index contributed by atoms with van der Waals surface area (Å²) in [5.41, 5.74) is 3.16. The Bertz CT molecular complexity index is 1470. The third-order valence-corrected chi connectivity index (χ3v) is 6.25. The van der Waals surface area contributed by atoms with Crippen molar-refractivity contribution in [1.82, 2.24) is 35.1 Å². The molecule has 0 spiro atoms. The first kappa shape index (κ1) is 23.6. The van der Waals surface area contributed by atoms with Gasteiger partial charge in [0.1, 0.15) is 18.2 Å². The Hall–Kier alpha value is -4.12. The molecule has 1 aliphatic heterocycles. The molecule has 5 rings (SSSR count). The molecule has 2 aromatic carbocycles. The van der Waals surface area contributed by atoms with Gasteiger partial charge in [-0.3, -0.25) is 14.2 Å². The zero-order chi connectivity index (χ0) is 25.2. The van der Waals surface area contributed by atoms with Crippen LogP contribution in [0.5, 0.6) is 0 Å². The topological polar surface area (TPSA) is 120 Å². The van der Waals surface area contributed by atoms with Crippen molar-refractivity contribution in [1.29, 1.82) is 0 Å². The molecule has 0 saturated heterocycles. The van der Waals surface area contributed by atoms with E-state index >= 15 is 0 Å². The number of hydrogen-bond acceptors (Lipinski definition) is 7. The zero-order valence-electron chi connectivity index (χ0n) is 19.3. The molecule has 1 atom stereocenters. The molecule has 1 amide bonds. The fraction of sp³-hybridized carbons (Fsp3) is 0.250. The standard InChI is InChI=1S/C24H22ClFN8O2/c1-14-6-15(8-18(26)7-14)10-27-22-24(36)34-19(12-28-22)3-5-21(34)23(35)29-11-16-9-17(25)2-4-20(16)33-13-30-31-32-33/h2,4,6-9,12-13,21H,3,5,10-11H2,1H3,(H,27,28)(H,29,35)/t21-/m0/s1. The first-order valence-corrected chi connectivity index (χ1v) is 11.7. The van der Waals surface area contributed by atoms with E-state index in [1.807, 2.05) is 6.07 Å². The van der Waals surface area contributed by atoms with Crippen LogP contribution >= 0.6 is 11.6 Å². The van der Waals surface area contributed by atoms with Crippen molar-refractivity contribution in [3.8, 4) is 5.69 Å². The molecule has 12 heteroatoms. The molecule has 0 fully saturated rings. The Morgan fingerprint density at radius 3 is 2.86 bits per heavy atom. The number of fused-ring (bicyclic) bond motifs is 1. The van der Waals surface area contributed by atoms with Gasteiger partial charge in [-0.05, 0) is 77.2 Å². The summed E-state index contributed by atoms with van der Waals surface area (Å²) in [7, 11) is 0. The van der Waals surface area contributed by atoms with Crippen molar-refractivity contribution in [3.05, 3.63) is 92.5 Å².